The van der Waals surface area contributed by atoms with Crippen molar-refractivity contribution in [2.24, 2.45) is 0 Å². The second-order valence-corrected chi connectivity index (χ2v) is 9.20. The fraction of sp³-hybridized carbons (Fsp3) is 0.400. The number of pyridine rings is 1. The number of alkyl halides is 3. The average Bonchev–Trinajstić information content (AvgIpc) is 3.13. The average molecular weight is 442 g/mol. The number of esters is 1. The molecule has 3 rings (SSSR count). The molecule has 2 aromatic rings. The number of rotatable bonds is 5. The van der Waals surface area contributed by atoms with Crippen LogP contribution in [0.4, 0.5) is 19.0 Å². The molecule has 1 aromatic carbocycles. The molecule has 1 aromatic heterocycles. The minimum atomic E-state index is -4.60. The summed E-state index contributed by atoms with van der Waals surface area (Å²) in [7, 11) is -3.55. The van der Waals surface area contributed by atoms with Crippen molar-refractivity contribution in [2.75, 3.05) is 24.3 Å². The molecule has 1 aliphatic heterocycles. The van der Waals surface area contributed by atoms with Gasteiger partial charge in [0.05, 0.1) is 16.5 Å². The predicted molar refractivity (Wildman–Crippen MR) is 105 cm³/mol. The smallest absolute Gasteiger partial charge is 0.417 e. The van der Waals surface area contributed by atoms with Crippen LogP contribution in [0.1, 0.15) is 25.3 Å². The topological polar surface area (TPSA) is 76.6 Å². The van der Waals surface area contributed by atoms with E-state index in [9.17, 15) is 26.4 Å². The second-order valence-electron chi connectivity index (χ2n) is 7.18. The molecule has 0 amide bonds. The first-order chi connectivity index (χ1) is 14.0. The van der Waals surface area contributed by atoms with E-state index in [4.69, 9.17) is 4.74 Å². The van der Waals surface area contributed by atoms with Crippen molar-refractivity contribution in [3.63, 3.8) is 0 Å². The minimum absolute atomic E-state index is 0.00115. The van der Waals surface area contributed by atoms with Crippen LogP contribution in [0.3, 0.4) is 0 Å². The van der Waals surface area contributed by atoms with Crippen molar-refractivity contribution in [1.29, 1.82) is 0 Å². The first-order valence-corrected chi connectivity index (χ1v) is 11.1. The Hall–Kier alpha value is -2.62. The molecular formula is C20H21F3N2O4S. The molecule has 6 nitrogen and oxygen atoms in total. The Morgan fingerprint density at radius 1 is 1.30 bits per heavy atom. The third-order valence-electron chi connectivity index (χ3n) is 4.90. The molecule has 0 bridgehead atoms. The van der Waals surface area contributed by atoms with Gasteiger partial charge in [0.25, 0.3) is 0 Å². The molecule has 1 saturated heterocycles. The van der Waals surface area contributed by atoms with E-state index < -0.39 is 27.5 Å². The highest BCUT2D eigenvalue weighted by Crippen LogP contribution is 2.38. The maximum atomic E-state index is 13.3. The molecule has 0 radical (unpaired) electrons. The van der Waals surface area contributed by atoms with Gasteiger partial charge in [-0.1, -0.05) is 12.1 Å². The van der Waals surface area contributed by atoms with Gasteiger partial charge in [0.2, 0.25) is 0 Å². The zero-order valence-corrected chi connectivity index (χ0v) is 17.3. The fourth-order valence-corrected chi connectivity index (χ4v) is 4.12. The summed E-state index contributed by atoms with van der Waals surface area (Å²) in [6.07, 6.45) is -1.35. The lowest BCUT2D eigenvalue weighted by Gasteiger charge is -2.28. The number of carbonyl (C=O) groups is 1. The number of ether oxygens (including phenoxy) is 1. The number of hydrogen-bond donors (Lipinski definition) is 0. The lowest BCUT2D eigenvalue weighted by atomic mass is 10.0. The molecule has 162 valence electrons. The lowest BCUT2D eigenvalue weighted by Crippen LogP contribution is -2.34. The van der Waals surface area contributed by atoms with Gasteiger partial charge in [-0.05, 0) is 36.6 Å². The zero-order chi connectivity index (χ0) is 22.1. The molecule has 0 saturated carbocycles. The molecule has 1 aliphatic rings. The summed E-state index contributed by atoms with van der Waals surface area (Å²) in [6.45, 7) is 1.92. The Morgan fingerprint density at radius 2 is 2.03 bits per heavy atom. The van der Waals surface area contributed by atoms with Crippen molar-refractivity contribution in [3.8, 4) is 11.1 Å². The number of aromatic nitrogens is 1. The maximum Gasteiger partial charge on any atom is 0.417 e. The summed E-state index contributed by atoms with van der Waals surface area (Å²) in [4.78, 5) is 17.1. The van der Waals surface area contributed by atoms with Crippen LogP contribution in [0, 0.1) is 0 Å². The van der Waals surface area contributed by atoms with Gasteiger partial charge in [0.15, 0.2) is 9.84 Å². The zero-order valence-electron chi connectivity index (χ0n) is 16.4. The van der Waals surface area contributed by atoms with Crippen molar-refractivity contribution in [1.82, 2.24) is 4.98 Å². The van der Waals surface area contributed by atoms with Crippen molar-refractivity contribution in [2.45, 2.75) is 36.9 Å². The highest BCUT2D eigenvalue weighted by molar-refractivity contribution is 7.90. The van der Waals surface area contributed by atoms with Crippen LogP contribution >= 0.6 is 0 Å². The quantitative estimate of drug-likeness (QED) is 0.658. The Bertz CT molecular complexity index is 1050. The number of hydrogen-bond acceptors (Lipinski definition) is 6. The molecule has 1 fully saturated rings. The minimum Gasteiger partial charge on any atom is -0.464 e. The number of nitrogens with zero attached hydrogens (tertiary/aromatic N) is 2. The summed E-state index contributed by atoms with van der Waals surface area (Å²) in [5, 5.41) is 0. The normalized spacial score (nSPS) is 17.2. The molecule has 0 N–H and O–H groups in total. The first kappa shape index (κ1) is 22.1. The summed E-state index contributed by atoms with van der Waals surface area (Å²) in [5.41, 5.74) is -0.448. The monoisotopic (exact) mass is 442 g/mol. The van der Waals surface area contributed by atoms with E-state index in [1.807, 2.05) is 4.90 Å². The van der Waals surface area contributed by atoms with E-state index in [1.54, 1.807) is 6.07 Å². The third kappa shape index (κ3) is 4.92. The number of halogens is 3. The van der Waals surface area contributed by atoms with Gasteiger partial charge < -0.3 is 9.64 Å². The van der Waals surface area contributed by atoms with Gasteiger partial charge >= 0.3 is 12.1 Å². The summed E-state index contributed by atoms with van der Waals surface area (Å²) >= 11 is 0. The largest absolute Gasteiger partial charge is 0.464 e. The summed E-state index contributed by atoms with van der Waals surface area (Å²) < 4.78 is 69.0. The number of carbonyl (C=O) groups excluding carboxylic acids is 1. The van der Waals surface area contributed by atoms with E-state index in [1.165, 1.54) is 25.1 Å². The first-order valence-electron chi connectivity index (χ1n) is 9.24. The second kappa shape index (κ2) is 8.25. The van der Waals surface area contributed by atoms with Crippen LogP contribution in [-0.2, 0) is 25.5 Å². The number of anilines is 1. The van der Waals surface area contributed by atoms with Crippen LogP contribution in [-0.4, -0.2) is 44.8 Å². The Morgan fingerprint density at radius 3 is 2.67 bits per heavy atom. The van der Waals surface area contributed by atoms with Crippen molar-refractivity contribution in [3.05, 3.63) is 42.1 Å². The predicted octanol–water partition coefficient (Wildman–Crippen LogP) is 3.70. The van der Waals surface area contributed by atoms with Crippen LogP contribution in [0.25, 0.3) is 11.1 Å². The molecule has 10 heteroatoms. The molecule has 0 unspecified atom stereocenters. The summed E-state index contributed by atoms with van der Waals surface area (Å²) in [5.74, 6) is -0.147. The Labute approximate surface area is 172 Å². The van der Waals surface area contributed by atoms with E-state index in [2.05, 4.69) is 4.98 Å². The van der Waals surface area contributed by atoms with E-state index in [0.717, 1.165) is 24.9 Å². The number of sulfone groups is 1. The van der Waals surface area contributed by atoms with E-state index >= 15 is 0 Å². The van der Waals surface area contributed by atoms with Gasteiger partial charge in [-0.15, -0.1) is 0 Å². The van der Waals surface area contributed by atoms with Crippen molar-refractivity contribution < 1.29 is 31.1 Å². The highest BCUT2D eigenvalue weighted by Gasteiger charge is 2.34. The Kier molecular flexibility index (Phi) is 6.07. The maximum absolute atomic E-state index is 13.3. The van der Waals surface area contributed by atoms with Gasteiger partial charge in [-0.25, -0.2) is 13.4 Å². The SMILES string of the molecule is CC(=O)OC[C@@H]1CCCN1c1ncc(C(F)(F)F)cc1-c1cccc(S(C)(=O)=O)c1. The van der Waals surface area contributed by atoms with Crippen molar-refractivity contribution >= 4 is 21.6 Å². The van der Waals surface area contributed by atoms with Gasteiger partial charge in [0, 0.05) is 31.5 Å². The van der Waals surface area contributed by atoms with Gasteiger partial charge in [0.1, 0.15) is 12.4 Å². The van der Waals surface area contributed by atoms with Crippen LogP contribution < -0.4 is 4.90 Å². The Balaban J connectivity index is 2.12. The molecule has 0 aliphatic carbocycles. The number of benzene rings is 1. The van der Waals surface area contributed by atoms with Crippen LogP contribution in [0.2, 0.25) is 0 Å². The lowest BCUT2D eigenvalue weighted by molar-refractivity contribution is -0.141. The molecule has 2 heterocycles. The van der Waals surface area contributed by atoms with E-state index in [0.29, 0.717) is 24.3 Å². The molecule has 1 atom stereocenters. The van der Waals surface area contributed by atoms with Crippen LogP contribution in [0.5, 0.6) is 0 Å². The van der Waals surface area contributed by atoms with Gasteiger partial charge in [-0.2, -0.15) is 13.2 Å². The molecule has 0 spiro atoms. The van der Waals surface area contributed by atoms with Crippen LogP contribution in [0.15, 0.2) is 41.4 Å². The standard InChI is InChI=1S/C20H21F3N2O4S/c1-13(26)29-12-16-6-4-8-25(16)19-18(10-15(11-24-19)20(21,22)23)14-5-3-7-17(9-14)30(2,27)28/h3,5,7,9-11,16H,4,6,8,12H2,1-2H3/t16-/m0/s1. The fourth-order valence-electron chi connectivity index (χ4n) is 3.45. The summed E-state index contributed by atoms with van der Waals surface area (Å²) in [6, 6.07) is 6.51. The molecular weight excluding hydrogens is 421 g/mol. The van der Waals surface area contributed by atoms with E-state index in [-0.39, 0.29) is 23.1 Å². The van der Waals surface area contributed by atoms with Gasteiger partial charge in [-0.3, -0.25) is 4.79 Å². The third-order valence-corrected chi connectivity index (χ3v) is 6.01. The highest BCUT2D eigenvalue weighted by atomic mass is 32.2. The molecule has 30 heavy (non-hydrogen) atoms.